The molecular formula is C16H11ClN3O5-. The smallest absolute Gasteiger partial charge is 0.271 e. The average molecular weight is 361 g/mol. The van der Waals surface area contributed by atoms with Gasteiger partial charge in [-0.05, 0) is 37.3 Å². The molecule has 1 aromatic heterocycles. The number of carbonyl (C=O) groups is 1. The van der Waals surface area contributed by atoms with Crippen molar-refractivity contribution in [1.82, 2.24) is 9.71 Å². The van der Waals surface area contributed by atoms with Gasteiger partial charge in [-0.25, -0.2) is 4.98 Å². The average Bonchev–Trinajstić information content (AvgIpc) is 2.93. The molecular weight excluding hydrogens is 350 g/mol. The molecule has 0 saturated carbocycles. The first-order valence-electron chi connectivity index (χ1n) is 7.17. The number of nitrogens with zero attached hydrogens (tertiary/aromatic N) is 3. The molecule has 0 bridgehead atoms. The van der Waals surface area contributed by atoms with Crippen LogP contribution >= 0.6 is 11.6 Å². The number of aliphatic carboxylic acids is 1. The molecule has 0 spiro atoms. The SMILES string of the molecule is C[C@H](On1c(-c2ccc(Cl)cc2)nc2ccc([N+](=O)[O-])cc21)C(=O)[O-]. The van der Waals surface area contributed by atoms with Crippen LogP contribution in [0.15, 0.2) is 42.5 Å². The number of aromatic nitrogens is 2. The Hall–Kier alpha value is -3.13. The normalized spacial score (nSPS) is 12.1. The van der Waals surface area contributed by atoms with Gasteiger partial charge in [0.15, 0.2) is 11.9 Å². The summed E-state index contributed by atoms with van der Waals surface area (Å²) in [6.07, 6.45) is -1.29. The zero-order valence-corrected chi connectivity index (χ0v) is 13.6. The van der Waals surface area contributed by atoms with E-state index in [1.54, 1.807) is 24.3 Å². The van der Waals surface area contributed by atoms with E-state index in [0.29, 0.717) is 21.9 Å². The van der Waals surface area contributed by atoms with Crippen LogP contribution in [0.25, 0.3) is 22.4 Å². The van der Waals surface area contributed by atoms with Crippen molar-refractivity contribution in [2.24, 2.45) is 0 Å². The molecule has 0 aliphatic rings. The number of carboxylic acid groups (broad SMARTS) is 1. The summed E-state index contributed by atoms with van der Waals surface area (Å²) in [6.45, 7) is 1.30. The van der Waals surface area contributed by atoms with Gasteiger partial charge in [-0.3, -0.25) is 10.1 Å². The fourth-order valence-corrected chi connectivity index (χ4v) is 2.37. The summed E-state index contributed by atoms with van der Waals surface area (Å²) in [6, 6.07) is 10.7. The molecule has 128 valence electrons. The number of halogens is 1. The Morgan fingerprint density at radius 1 is 1.28 bits per heavy atom. The van der Waals surface area contributed by atoms with Crippen molar-refractivity contribution in [2.75, 3.05) is 0 Å². The van der Waals surface area contributed by atoms with Crippen LogP contribution in [0, 0.1) is 10.1 Å². The second-order valence-corrected chi connectivity index (χ2v) is 5.67. The predicted molar refractivity (Wildman–Crippen MR) is 87.9 cm³/mol. The fourth-order valence-electron chi connectivity index (χ4n) is 2.24. The first kappa shape index (κ1) is 16.7. The van der Waals surface area contributed by atoms with Crippen LogP contribution in [0.5, 0.6) is 0 Å². The largest absolute Gasteiger partial charge is 0.546 e. The van der Waals surface area contributed by atoms with Crippen LogP contribution in [-0.2, 0) is 4.79 Å². The molecule has 2 aromatic carbocycles. The summed E-state index contributed by atoms with van der Waals surface area (Å²) in [5, 5.41) is 22.6. The summed E-state index contributed by atoms with van der Waals surface area (Å²) in [5.41, 5.74) is 1.13. The number of imidazole rings is 1. The van der Waals surface area contributed by atoms with Crippen LogP contribution in [-0.4, -0.2) is 26.7 Å². The molecule has 1 atom stereocenters. The van der Waals surface area contributed by atoms with E-state index in [1.807, 2.05) is 0 Å². The lowest BCUT2D eigenvalue weighted by Gasteiger charge is -2.18. The van der Waals surface area contributed by atoms with E-state index in [9.17, 15) is 20.0 Å². The zero-order chi connectivity index (χ0) is 18.1. The van der Waals surface area contributed by atoms with Gasteiger partial charge in [0, 0.05) is 22.7 Å². The van der Waals surface area contributed by atoms with E-state index >= 15 is 0 Å². The maximum atomic E-state index is 11.0. The second-order valence-electron chi connectivity index (χ2n) is 5.23. The number of non-ortho nitro benzene ring substituents is 1. The Bertz CT molecular complexity index is 968. The van der Waals surface area contributed by atoms with E-state index in [2.05, 4.69) is 4.98 Å². The first-order valence-corrected chi connectivity index (χ1v) is 7.55. The number of carbonyl (C=O) groups excluding carboxylic acids is 1. The molecule has 9 heteroatoms. The maximum Gasteiger partial charge on any atom is 0.271 e. The maximum absolute atomic E-state index is 11.0. The third-order valence-corrected chi connectivity index (χ3v) is 3.76. The Kier molecular flexibility index (Phi) is 4.28. The van der Waals surface area contributed by atoms with Crippen molar-refractivity contribution >= 4 is 34.3 Å². The minimum absolute atomic E-state index is 0.166. The monoisotopic (exact) mass is 360 g/mol. The van der Waals surface area contributed by atoms with Crippen LogP contribution in [0.1, 0.15) is 6.92 Å². The van der Waals surface area contributed by atoms with Crippen molar-refractivity contribution in [3.05, 3.63) is 57.6 Å². The van der Waals surface area contributed by atoms with E-state index in [0.717, 1.165) is 4.73 Å². The Labute approximate surface area is 146 Å². The quantitative estimate of drug-likeness (QED) is 0.507. The standard InChI is InChI=1S/C16H12ClN3O5/c1-9(16(21)22)25-19-14-8-12(20(23)24)6-7-13(14)18-15(19)10-2-4-11(17)5-3-10/h2-9H,1H3,(H,21,22)/p-1/t9-/m0/s1. The molecule has 0 amide bonds. The summed E-state index contributed by atoms with van der Waals surface area (Å²) in [5.74, 6) is -1.13. The number of hydrogen-bond acceptors (Lipinski definition) is 6. The van der Waals surface area contributed by atoms with Crippen molar-refractivity contribution in [3.63, 3.8) is 0 Å². The Balaban J connectivity index is 2.22. The van der Waals surface area contributed by atoms with E-state index in [-0.39, 0.29) is 11.2 Å². The van der Waals surface area contributed by atoms with Crippen molar-refractivity contribution in [3.8, 4) is 11.4 Å². The molecule has 8 nitrogen and oxygen atoms in total. The highest BCUT2D eigenvalue weighted by atomic mass is 35.5. The summed E-state index contributed by atoms with van der Waals surface area (Å²) >= 11 is 5.88. The Morgan fingerprint density at radius 2 is 1.96 bits per heavy atom. The number of nitro benzene ring substituents is 1. The number of carboxylic acids is 1. The highest BCUT2D eigenvalue weighted by Crippen LogP contribution is 2.27. The van der Waals surface area contributed by atoms with Gasteiger partial charge >= 0.3 is 0 Å². The van der Waals surface area contributed by atoms with Gasteiger partial charge in [0.05, 0.1) is 16.4 Å². The lowest BCUT2D eigenvalue weighted by atomic mass is 10.2. The highest BCUT2D eigenvalue weighted by molar-refractivity contribution is 6.30. The Morgan fingerprint density at radius 3 is 2.56 bits per heavy atom. The number of rotatable bonds is 5. The van der Waals surface area contributed by atoms with E-state index in [1.165, 1.54) is 25.1 Å². The van der Waals surface area contributed by atoms with Crippen LogP contribution in [0.3, 0.4) is 0 Å². The van der Waals surface area contributed by atoms with Crippen LogP contribution in [0.2, 0.25) is 5.02 Å². The van der Waals surface area contributed by atoms with Crippen molar-refractivity contribution in [2.45, 2.75) is 13.0 Å². The fraction of sp³-hybridized carbons (Fsp3) is 0.125. The van der Waals surface area contributed by atoms with Gasteiger partial charge in [0.25, 0.3) is 5.69 Å². The van der Waals surface area contributed by atoms with Gasteiger partial charge in [-0.15, -0.1) is 0 Å². The third-order valence-electron chi connectivity index (χ3n) is 3.51. The molecule has 0 aliphatic heterocycles. The molecule has 0 saturated heterocycles. The van der Waals surface area contributed by atoms with E-state index < -0.39 is 17.0 Å². The lowest BCUT2D eigenvalue weighted by molar-refractivity contribution is -0.384. The highest BCUT2D eigenvalue weighted by Gasteiger charge is 2.19. The number of nitro groups is 1. The second kappa shape index (κ2) is 6.40. The lowest BCUT2D eigenvalue weighted by Crippen LogP contribution is -2.40. The topological polar surface area (TPSA) is 110 Å². The molecule has 0 aliphatic carbocycles. The zero-order valence-electron chi connectivity index (χ0n) is 12.9. The molecule has 0 unspecified atom stereocenters. The summed E-state index contributed by atoms with van der Waals surface area (Å²) in [7, 11) is 0. The predicted octanol–water partition coefficient (Wildman–Crippen LogP) is 1.83. The van der Waals surface area contributed by atoms with E-state index in [4.69, 9.17) is 16.4 Å². The van der Waals surface area contributed by atoms with Gasteiger partial charge in [-0.2, -0.15) is 4.73 Å². The molecule has 0 N–H and O–H groups in total. The summed E-state index contributed by atoms with van der Waals surface area (Å²) < 4.78 is 1.16. The van der Waals surface area contributed by atoms with Gasteiger partial charge in [0.2, 0.25) is 0 Å². The third kappa shape index (κ3) is 3.24. The minimum atomic E-state index is -1.42. The summed E-state index contributed by atoms with van der Waals surface area (Å²) in [4.78, 5) is 31.3. The number of benzene rings is 2. The molecule has 0 fully saturated rings. The molecule has 25 heavy (non-hydrogen) atoms. The minimum Gasteiger partial charge on any atom is -0.546 e. The van der Waals surface area contributed by atoms with Crippen LogP contribution < -0.4 is 9.94 Å². The van der Waals surface area contributed by atoms with Crippen molar-refractivity contribution in [1.29, 1.82) is 0 Å². The van der Waals surface area contributed by atoms with Gasteiger partial charge < -0.3 is 14.7 Å². The van der Waals surface area contributed by atoms with Crippen LogP contribution in [0.4, 0.5) is 5.69 Å². The van der Waals surface area contributed by atoms with Gasteiger partial charge in [-0.1, -0.05) is 11.6 Å². The molecule has 3 aromatic rings. The number of fused-ring (bicyclic) bond motifs is 1. The van der Waals surface area contributed by atoms with Gasteiger partial charge in [0.1, 0.15) is 5.52 Å². The van der Waals surface area contributed by atoms with Crippen molar-refractivity contribution < 1.29 is 19.7 Å². The number of hydrogen-bond donors (Lipinski definition) is 0. The first-order chi connectivity index (χ1) is 11.9. The molecule has 3 rings (SSSR count). The molecule has 0 radical (unpaired) electrons. The molecule has 1 heterocycles.